The Kier molecular flexibility index (Phi) is 3.57. The standard InChI is InChI=1S/C15H20N8/c1-22-9-12(7-17-22)19-15-20-14(13-8-16-10-23(13)21-15)18-11-5-3-2-4-6-11/h7-11H,2-6H2,1H3,(H2,18,19,20,21). The maximum Gasteiger partial charge on any atom is 0.247 e. The van der Waals surface area contributed by atoms with Gasteiger partial charge in [0.1, 0.15) is 11.8 Å². The van der Waals surface area contributed by atoms with Gasteiger partial charge in [0.15, 0.2) is 5.82 Å². The van der Waals surface area contributed by atoms with Crippen molar-refractivity contribution in [2.75, 3.05) is 10.6 Å². The van der Waals surface area contributed by atoms with Crippen LogP contribution >= 0.6 is 0 Å². The van der Waals surface area contributed by atoms with Crippen molar-refractivity contribution >= 4 is 23.0 Å². The molecule has 0 amide bonds. The van der Waals surface area contributed by atoms with Gasteiger partial charge in [-0.25, -0.2) is 9.50 Å². The number of nitrogens with zero attached hydrogens (tertiary/aromatic N) is 6. The zero-order valence-electron chi connectivity index (χ0n) is 13.1. The Balaban J connectivity index is 1.63. The number of imidazole rings is 1. The molecule has 3 aromatic rings. The molecule has 1 aliphatic carbocycles. The highest BCUT2D eigenvalue weighted by atomic mass is 15.3. The van der Waals surface area contributed by atoms with Gasteiger partial charge < -0.3 is 10.6 Å². The van der Waals surface area contributed by atoms with Crippen molar-refractivity contribution in [2.45, 2.75) is 38.1 Å². The second-order valence-corrected chi connectivity index (χ2v) is 6.01. The van der Waals surface area contributed by atoms with Crippen molar-refractivity contribution in [3.63, 3.8) is 0 Å². The summed E-state index contributed by atoms with van der Waals surface area (Å²) >= 11 is 0. The molecule has 0 atom stereocenters. The SMILES string of the molecule is Cn1cc(Nc2nc(NC3CCCCC3)c3cncn3n2)cn1. The number of hydrogen-bond donors (Lipinski definition) is 2. The highest BCUT2D eigenvalue weighted by molar-refractivity contribution is 5.68. The lowest BCUT2D eigenvalue weighted by Crippen LogP contribution is -2.23. The molecule has 0 spiro atoms. The van der Waals surface area contributed by atoms with Crippen LogP contribution in [0.1, 0.15) is 32.1 Å². The van der Waals surface area contributed by atoms with E-state index in [1.54, 1.807) is 27.9 Å². The fourth-order valence-corrected chi connectivity index (χ4v) is 3.04. The zero-order chi connectivity index (χ0) is 15.6. The molecule has 0 aliphatic heterocycles. The molecule has 1 saturated carbocycles. The molecule has 23 heavy (non-hydrogen) atoms. The molecule has 8 nitrogen and oxygen atoms in total. The first-order valence-electron chi connectivity index (χ1n) is 8.00. The maximum atomic E-state index is 4.64. The summed E-state index contributed by atoms with van der Waals surface area (Å²) in [6.07, 6.45) is 13.4. The van der Waals surface area contributed by atoms with Crippen LogP contribution < -0.4 is 10.6 Å². The smallest absolute Gasteiger partial charge is 0.247 e. The molecule has 1 aliphatic rings. The van der Waals surface area contributed by atoms with Crippen LogP contribution in [-0.2, 0) is 7.05 Å². The van der Waals surface area contributed by atoms with E-state index in [-0.39, 0.29) is 0 Å². The molecule has 120 valence electrons. The monoisotopic (exact) mass is 312 g/mol. The van der Waals surface area contributed by atoms with Gasteiger partial charge in [-0.15, -0.1) is 5.10 Å². The largest absolute Gasteiger partial charge is 0.365 e. The number of hydrogen-bond acceptors (Lipinski definition) is 6. The third-order valence-corrected chi connectivity index (χ3v) is 4.19. The number of nitrogens with one attached hydrogen (secondary N) is 2. The Bertz CT molecular complexity index is 799. The Morgan fingerprint density at radius 3 is 2.83 bits per heavy atom. The first kappa shape index (κ1) is 14.0. The van der Waals surface area contributed by atoms with Crippen molar-refractivity contribution in [1.82, 2.24) is 29.4 Å². The lowest BCUT2D eigenvalue weighted by Gasteiger charge is -2.23. The van der Waals surface area contributed by atoms with E-state index >= 15 is 0 Å². The minimum atomic E-state index is 0.476. The van der Waals surface area contributed by atoms with E-state index in [0.29, 0.717) is 12.0 Å². The van der Waals surface area contributed by atoms with Crippen LogP contribution in [0.4, 0.5) is 17.5 Å². The van der Waals surface area contributed by atoms with Gasteiger partial charge in [-0.3, -0.25) is 4.68 Å². The third-order valence-electron chi connectivity index (χ3n) is 4.19. The Morgan fingerprint density at radius 1 is 1.17 bits per heavy atom. The summed E-state index contributed by atoms with van der Waals surface area (Å²) in [5.74, 6) is 1.36. The van der Waals surface area contributed by atoms with Gasteiger partial charge in [0.05, 0.1) is 18.1 Å². The van der Waals surface area contributed by atoms with E-state index in [1.165, 1.54) is 32.1 Å². The van der Waals surface area contributed by atoms with Gasteiger partial charge in [0.25, 0.3) is 0 Å². The quantitative estimate of drug-likeness (QED) is 0.769. The van der Waals surface area contributed by atoms with E-state index in [2.05, 4.69) is 30.8 Å². The van der Waals surface area contributed by atoms with Gasteiger partial charge in [-0.1, -0.05) is 19.3 Å². The van der Waals surface area contributed by atoms with Crippen molar-refractivity contribution in [3.05, 3.63) is 24.9 Å². The summed E-state index contributed by atoms with van der Waals surface area (Å²) < 4.78 is 3.48. The molecule has 4 rings (SSSR count). The third kappa shape index (κ3) is 2.96. The fraction of sp³-hybridized carbons (Fsp3) is 0.467. The Labute approximate surface area is 133 Å². The van der Waals surface area contributed by atoms with E-state index in [1.807, 2.05) is 13.2 Å². The van der Waals surface area contributed by atoms with Crippen molar-refractivity contribution in [1.29, 1.82) is 0 Å². The summed E-state index contributed by atoms with van der Waals surface area (Å²) in [5, 5.41) is 15.4. The molecule has 0 radical (unpaired) electrons. The topological polar surface area (TPSA) is 85.0 Å². The van der Waals surface area contributed by atoms with Crippen molar-refractivity contribution in [2.24, 2.45) is 7.05 Å². The predicted octanol–water partition coefficient (Wildman–Crippen LogP) is 2.35. The Hall–Kier alpha value is -2.64. The average Bonchev–Trinajstić information content (AvgIpc) is 3.17. The van der Waals surface area contributed by atoms with Gasteiger partial charge in [0, 0.05) is 19.3 Å². The molecule has 8 heteroatoms. The van der Waals surface area contributed by atoms with Crippen molar-refractivity contribution in [3.8, 4) is 0 Å². The molecular weight excluding hydrogens is 292 g/mol. The first-order chi connectivity index (χ1) is 11.3. The molecular formula is C15H20N8. The minimum absolute atomic E-state index is 0.476. The molecule has 0 unspecified atom stereocenters. The molecule has 1 fully saturated rings. The average molecular weight is 312 g/mol. The summed E-state index contributed by atoms with van der Waals surface area (Å²) in [5.41, 5.74) is 1.75. The van der Waals surface area contributed by atoms with E-state index < -0.39 is 0 Å². The number of aromatic nitrogens is 6. The Morgan fingerprint density at radius 2 is 2.04 bits per heavy atom. The summed E-state index contributed by atoms with van der Waals surface area (Å²) in [7, 11) is 1.88. The fourth-order valence-electron chi connectivity index (χ4n) is 3.04. The number of anilines is 3. The minimum Gasteiger partial charge on any atom is -0.365 e. The van der Waals surface area contributed by atoms with E-state index in [4.69, 9.17) is 0 Å². The second kappa shape index (κ2) is 5.86. The van der Waals surface area contributed by atoms with Gasteiger partial charge in [-0.2, -0.15) is 10.1 Å². The molecule has 2 N–H and O–H groups in total. The van der Waals surface area contributed by atoms with Gasteiger partial charge in [-0.05, 0) is 12.8 Å². The zero-order valence-corrected chi connectivity index (χ0v) is 13.1. The van der Waals surface area contributed by atoms with E-state index in [0.717, 1.165) is 17.0 Å². The van der Waals surface area contributed by atoms with Crippen LogP contribution in [0.5, 0.6) is 0 Å². The van der Waals surface area contributed by atoms with Crippen LogP contribution in [0.15, 0.2) is 24.9 Å². The van der Waals surface area contributed by atoms with Gasteiger partial charge in [0.2, 0.25) is 5.95 Å². The summed E-state index contributed by atoms with van der Waals surface area (Å²) in [4.78, 5) is 8.82. The van der Waals surface area contributed by atoms with Gasteiger partial charge >= 0.3 is 0 Å². The summed E-state index contributed by atoms with van der Waals surface area (Å²) in [6.45, 7) is 0. The number of aryl methyl sites for hydroxylation is 1. The van der Waals surface area contributed by atoms with Crippen LogP contribution in [0.2, 0.25) is 0 Å². The van der Waals surface area contributed by atoms with Crippen LogP contribution in [0, 0.1) is 0 Å². The number of fused-ring (bicyclic) bond motifs is 1. The molecule has 3 aromatic heterocycles. The maximum absolute atomic E-state index is 4.64. The molecule has 3 heterocycles. The molecule has 0 bridgehead atoms. The molecule has 0 aromatic carbocycles. The normalized spacial score (nSPS) is 15.9. The lowest BCUT2D eigenvalue weighted by molar-refractivity contribution is 0.462. The highest BCUT2D eigenvalue weighted by Crippen LogP contribution is 2.24. The lowest BCUT2D eigenvalue weighted by atomic mass is 9.95. The van der Waals surface area contributed by atoms with Crippen LogP contribution in [0.3, 0.4) is 0 Å². The van der Waals surface area contributed by atoms with Crippen LogP contribution in [0.25, 0.3) is 5.52 Å². The van der Waals surface area contributed by atoms with Crippen LogP contribution in [-0.4, -0.2) is 35.4 Å². The predicted molar refractivity (Wildman–Crippen MR) is 87.8 cm³/mol. The summed E-state index contributed by atoms with van der Waals surface area (Å²) in [6, 6.07) is 0.476. The van der Waals surface area contributed by atoms with Crippen molar-refractivity contribution < 1.29 is 0 Å². The first-order valence-corrected chi connectivity index (χ1v) is 8.00. The number of rotatable bonds is 4. The second-order valence-electron chi connectivity index (χ2n) is 6.01. The molecule has 0 saturated heterocycles. The highest BCUT2D eigenvalue weighted by Gasteiger charge is 2.16. The van der Waals surface area contributed by atoms with E-state index in [9.17, 15) is 0 Å².